The van der Waals surface area contributed by atoms with E-state index in [2.05, 4.69) is 14.6 Å². The van der Waals surface area contributed by atoms with Gasteiger partial charge < -0.3 is 18.9 Å². The van der Waals surface area contributed by atoms with Crippen LogP contribution < -0.4 is 5.09 Å². The third kappa shape index (κ3) is 7.67. The van der Waals surface area contributed by atoms with E-state index in [1.165, 1.54) is 14.2 Å². The molecule has 7 nitrogen and oxygen atoms in total. The zero-order valence-corrected chi connectivity index (χ0v) is 14.6. The molecule has 128 valence electrons. The molecule has 0 saturated carbocycles. The van der Waals surface area contributed by atoms with Crippen LogP contribution in [-0.4, -0.2) is 37.1 Å². The summed E-state index contributed by atoms with van der Waals surface area (Å²) < 4.78 is 14.5. The first kappa shape index (κ1) is 19.7. The summed E-state index contributed by atoms with van der Waals surface area (Å²) in [6, 6.07) is 8.22. The Morgan fingerprint density at radius 3 is 2.48 bits per heavy atom. The van der Waals surface area contributed by atoms with E-state index in [9.17, 15) is 14.5 Å². The Bertz CT molecular complexity index is 568. The highest BCUT2D eigenvalue weighted by Gasteiger charge is 2.27. The first-order valence-corrected chi connectivity index (χ1v) is 9.49. The molecule has 0 heterocycles. The molecule has 0 aliphatic rings. The van der Waals surface area contributed by atoms with Crippen LogP contribution in [0, 0.1) is 0 Å². The summed E-state index contributed by atoms with van der Waals surface area (Å²) in [6.07, 6.45) is 0.0598. The number of ether oxygens (including phenoxy) is 2. The monoisotopic (exact) mass is 361 g/mol. The molecule has 1 aromatic rings. The number of nitrogens with one attached hydrogen (secondary N) is 1. The lowest BCUT2D eigenvalue weighted by atomic mass is 10.2. The molecule has 2 N–H and O–H groups in total. The lowest BCUT2D eigenvalue weighted by Crippen LogP contribution is -2.36. The highest BCUT2D eigenvalue weighted by Crippen LogP contribution is 2.39. The van der Waals surface area contributed by atoms with Crippen molar-refractivity contribution in [1.29, 1.82) is 0 Å². The number of esters is 2. The van der Waals surface area contributed by atoms with Gasteiger partial charge in [-0.1, -0.05) is 30.3 Å². The molecule has 23 heavy (non-hydrogen) atoms. The zero-order valence-electron chi connectivity index (χ0n) is 12.9. The quantitative estimate of drug-likeness (QED) is 0.505. The number of carbonyl (C=O) groups is 2. The fourth-order valence-electron chi connectivity index (χ4n) is 1.71. The van der Waals surface area contributed by atoms with Gasteiger partial charge in [0.15, 0.2) is 0 Å². The third-order valence-corrected chi connectivity index (χ3v) is 4.67. The molecule has 9 heteroatoms. The van der Waals surface area contributed by atoms with Crippen LogP contribution in [-0.2, 0) is 42.0 Å². The number of carbonyl (C=O) groups excluding carboxylic acids is 2. The van der Waals surface area contributed by atoms with Crippen molar-refractivity contribution in [1.82, 2.24) is 5.09 Å². The smallest absolute Gasteiger partial charge is 0.323 e. The Morgan fingerprint density at radius 2 is 1.91 bits per heavy atom. The highest BCUT2D eigenvalue weighted by molar-refractivity contribution is 8.08. The fourth-order valence-corrected chi connectivity index (χ4v) is 3.28. The van der Waals surface area contributed by atoms with Crippen LogP contribution in [0.1, 0.15) is 18.4 Å². The van der Waals surface area contributed by atoms with Gasteiger partial charge in [-0.25, -0.2) is 5.09 Å². The van der Waals surface area contributed by atoms with E-state index in [0.29, 0.717) is 0 Å². The van der Waals surface area contributed by atoms with Gasteiger partial charge in [-0.3, -0.25) is 9.59 Å². The minimum absolute atomic E-state index is 0.0166. The molecule has 0 fully saturated rings. The predicted octanol–water partition coefficient (Wildman–Crippen LogP) is 1.50. The number of hydrogen-bond acceptors (Lipinski definition) is 6. The first-order chi connectivity index (χ1) is 10.9. The average molecular weight is 361 g/mol. The Morgan fingerprint density at radius 1 is 1.26 bits per heavy atom. The van der Waals surface area contributed by atoms with E-state index in [1.807, 2.05) is 30.3 Å². The standard InChI is InChI=1S/C14H20NO6PS/c1-19-13(16)9-8-12(14(17)20-2)15-22(18,23)21-10-11-6-4-3-5-7-11/h3-7,12H,8-10H2,1-2H3,(H2,15,18,23)/t12-,22?/m0/s1. The average Bonchev–Trinajstić information content (AvgIpc) is 2.56. The number of rotatable bonds is 9. The van der Waals surface area contributed by atoms with Crippen LogP contribution in [0.2, 0.25) is 0 Å². The molecular formula is C14H20NO6PS. The zero-order chi connectivity index (χ0) is 17.3. The summed E-state index contributed by atoms with van der Waals surface area (Å²) in [4.78, 5) is 33.1. The van der Waals surface area contributed by atoms with Gasteiger partial charge in [-0.15, -0.1) is 0 Å². The fraction of sp³-hybridized carbons (Fsp3) is 0.429. The summed E-state index contributed by atoms with van der Waals surface area (Å²) >= 11 is 5.00. The second-order valence-corrected chi connectivity index (χ2v) is 7.64. The molecule has 1 rings (SSSR count). The third-order valence-electron chi connectivity index (χ3n) is 2.92. The predicted molar refractivity (Wildman–Crippen MR) is 87.9 cm³/mol. The minimum atomic E-state index is -3.42. The van der Waals surface area contributed by atoms with Gasteiger partial charge >= 0.3 is 11.9 Å². The molecule has 1 unspecified atom stereocenters. The second-order valence-electron chi connectivity index (χ2n) is 4.60. The Hall–Kier alpha value is -1.31. The van der Waals surface area contributed by atoms with E-state index in [0.717, 1.165) is 5.56 Å². The van der Waals surface area contributed by atoms with Gasteiger partial charge in [0, 0.05) is 6.42 Å². The minimum Gasteiger partial charge on any atom is -0.469 e. The van der Waals surface area contributed by atoms with Crippen molar-refractivity contribution < 1.29 is 28.5 Å². The normalized spacial score (nSPS) is 14.6. The van der Waals surface area contributed by atoms with Crippen LogP contribution in [0.4, 0.5) is 0 Å². The lowest BCUT2D eigenvalue weighted by molar-refractivity contribution is -0.144. The lowest BCUT2D eigenvalue weighted by Gasteiger charge is -2.22. The van der Waals surface area contributed by atoms with E-state index >= 15 is 0 Å². The maximum Gasteiger partial charge on any atom is 0.323 e. The molecule has 0 radical (unpaired) electrons. The van der Waals surface area contributed by atoms with Crippen molar-refractivity contribution >= 4 is 30.4 Å². The molecule has 0 bridgehead atoms. The summed E-state index contributed by atoms with van der Waals surface area (Å²) in [5.41, 5.74) is 0.835. The first-order valence-electron chi connectivity index (χ1n) is 6.81. The SMILES string of the molecule is COC(=O)CC[C@H](NP(O)(=S)OCc1ccccc1)C(=O)OC. The van der Waals surface area contributed by atoms with Crippen LogP contribution in [0.5, 0.6) is 0 Å². The summed E-state index contributed by atoms with van der Waals surface area (Å²) in [6.45, 7) is -3.32. The highest BCUT2D eigenvalue weighted by atomic mass is 32.5. The number of hydrogen-bond donors (Lipinski definition) is 2. The molecule has 0 aliphatic carbocycles. The summed E-state index contributed by atoms with van der Waals surface area (Å²) in [5, 5.41) is 2.57. The molecule has 0 amide bonds. The maximum absolute atomic E-state index is 11.7. The van der Waals surface area contributed by atoms with Crippen molar-refractivity contribution in [3.8, 4) is 0 Å². The Balaban J connectivity index is 2.62. The topological polar surface area (TPSA) is 94.1 Å². The Kier molecular flexibility index (Phi) is 8.36. The van der Waals surface area contributed by atoms with Crippen molar-refractivity contribution in [2.24, 2.45) is 0 Å². The van der Waals surface area contributed by atoms with Crippen molar-refractivity contribution in [2.75, 3.05) is 14.2 Å². The van der Waals surface area contributed by atoms with Crippen LogP contribution in [0.15, 0.2) is 30.3 Å². The van der Waals surface area contributed by atoms with Crippen molar-refractivity contribution in [3.63, 3.8) is 0 Å². The van der Waals surface area contributed by atoms with E-state index in [4.69, 9.17) is 16.3 Å². The van der Waals surface area contributed by atoms with Gasteiger partial charge in [0.05, 0.1) is 20.8 Å². The molecule has 2 atom stereocenters. The number of methoxy groups -OCH3 is 2. The number of benzene rings is 1. The van der Waals surface area contributed by atoms with Crippen LogP contribution >= 0.6 is 6.64 Å². The van der Waals surface area contributed by atoms with Gasteiger partial charge in [0.2, 0.25) is 0 Å². The van der Waals surface area contributed by atoms with E-state index < -0.39 is 24.6 Å². The molecule has 0 saturated heterocycles. The molecular weight excluding hydrogens is 341 g/mol. The largest absolute Gasteiger partial charge is 0.469 e. The Labute approximate surface area is 140 Å². The van der Waals surface area contributed by atoms with E-state index in [1.54, 1.807) is 0 Å². The van der Waals surface area contributed by atoms with Crippen LogP contribution in [0.25, 0.3) is 0 Å². The molecule has 1 aromatic carbocycles. The van der Waals surface area contributed by atoms with Gasteiger partial charge in [-0.2, -0.15) is 0 Å². The molecule has 0 aromatic heterocycles. The van der Waals surface area contributed by atoms with Crippen molar-refractivity contribution in [2.45, 2.75) is 25.5 Å². The summed E-state index contributed by atoms with van der Waals surface area (Å²) in [7, 11) is 2.46. The van der Waals surface area contributed by atoms with E-state index in [-0.39, 0.29) is 19.4 Å². The molecule has 0 spiro atoms. The molecule has 0 aliphatic heterocycles. The van der Waals surface area contributed by atoms with Crippen LogP contribution in [0.3, 0.4) is 0 Å². The van der Waals surface area contributed by atoms with Gasteiger partial charge in [-0.05, 0) is 23.8 Å². The maximum atomic E-state index is 11.7. The van der Waals surface area contributed by atoms with Gasteiger partial charge in [0.25, 0.3) is 6.64 Å². The van der Waals surface area contributed by atoms with Gasteiger partial charge in [0.1, 0.15) is 6.04 Å². The summed E-state index contributed by atoms with van der Waals surface area (Å²) in [5.74, 6) is -1.11. The second kappa shape index (κ2) is 9.75. The van der Waals surface area contributed by atoms with Crippen molar-refractivity contribution in [3.05, 3.63) is 35.9 Å².